The molecule has 3 atom stereocenters. The molecule has 0 aliphatic carbocycles. The smallest absolute Gasteiger partial charge is 0.313 e. The molecule has 2 aliphatic heterocycles. The van der Waals surface area contributed by atoms with E-state index in [1.165, 1.54) is 39.8 Å². The summed E-state index contributed by atoms with van der Waals surface area (Å²) < 4.78 is 0.646. The fourth-order valence-corrected chi connectivity index (χ4v) is 6.80. The molecule has 0 bridgehead atoms. The number of carboxylic acids is 2. The Morgan fingerprint density at radius 2 is 2.20 bits per heavy atom. The van der Waals surface area contributed by atoms with Gasteiger partial charge in [0.05, 0.1) is 12.1 Å². The Hall–Kier alpha value is -1.30. The summed E-state index contributed by atoms with van der Waals surface area (Å²) in [6.07, 6.45) is -0.0914. The van der Waals surface area contributed by atoms with E-state index in [1.807, 2.05) is 0 Å². The van der Waals surface area contributed by atoms with Gasteiger partial charge < -0.3 is 20.8 Å². The van der Waals surface area contributed by atoms with Gasteiger partial charge in [0, 0.05) is 22.9 Å². The van der Waals surface area contributed by atoms with E-state index in [2.05, 4.69) is 4.98 Å². The lowest BCUT2D eigenvalue weighted by molar-refractivity contribution is -0.155. The third-order valence-electron chi connectivity index (χ3n) is 4.30. The third-order valence-corrected chi connectivity index (χ3v) is 8.50. The minimum atomic E-state index is -1.06. The van der Waals surface area contributed by atoms with Crippen LogP contribution < -0.4 is 5.73 Å². The number of thioether (sulfide) groups is 2. The summed E-state index contributed by atoms with van der Waals surface area (Å²) in [5.41, 5.74) is 5.34. The van der Waals surface area contributed by atoms with E-state index in [1.54, 1.807) is 6.92 Å². The molecule has 0 aromatic carbocycles. The van der Waals surface area contributed by atoms with Crippen molar-refractivity contribution in [2.24, 2.45) is 11.1 Å². The predicted molar refractivity (Wildman–Crippen MR) is 94.9 cm³/mol. The summed E-state index contributed by atoms with van der Waals surface area (Å²) >= 11 is 3.97. The zero-order valence-corrected chi connectivity index (χ0v) is 15.7. The highest BCUT2D eigenvalue weighted by Gasteiger charge is 2.55. The molecule has 1 amide bonds. The van der Waals surface area contributed by atoms with Gasteiger partial charge in [-0.15, -0.1) is 23.1 Å². The second kappa shape index (κ2) is 6.78. The molecule has 3 rings (SSSR count). The lowest BCUT2D eigenvalue weighted by Crippen LogP contribution is -2.72. The van der Waals surface area contributed by atoms with Crippen molar-refractivity contribution in [1.29, 1.82) is 0 Å². The molecule has 0 saturated carbocycles. The first-order valence-electron chi connectivity index (χ1n) is 7.45. The predicted octanol–water partition coefficient (Wildman–Crippen LogP) is 0.484. The fourth-order valence-electron chi connectivity index (χ4n) is 2.77. The number of hydrogen-bond acceptors (Lipinski definition) is 8. The number of amides is 1. The van der Waals surface area contributed by atoms with Crippen molar-refractivity contribution in [3.63, 3.8) is 0 Å². The van der Waals surface area contributed by atoms with Crippen LogP contribution in [-0.2, 0) is 20.8 Å². The minimum Gasteiger partial charge on any atom is -0.481 e. The van der Waals surface area contributed by atoms with Gasteiger partial charge in [0.2, 0.25) is 5.91 Å². The number of β-lactam (4-membered cyclic amide) rings is 1. The Bertz CT molecular complexity index is 739. The highest BCUT2D eigenvalue weighted by atomic mass is 32.2. The number of aryl methyl sites for hydroxylation is 1. The Morgan fingerprint density at radius 3 is 2.84 bits per heavy atom. The molecule has 1 aromatic heterocycles. The lowest BCUT2D eigenvalue weighted by Gasteiger charge is -2.52. The number of carbonyl (C=O) groups is 3. The summed E-state index contributed by atoms with van der Waals surface area (Å²) in [5, 5.41) is 18.5. The SMILES string of the molecule is Cc1nc(SCC2(C(=O)O)CS[C@@H]3C(N)C(=O)N3C2)sc1CC(=O)O. The van der Waals surface area contributed by atoms with Crippen LogP contribution in [0.4, 0.5) is 0 Å². The van der Waals surface area contributed by atoms with Gasteiger partial charge in [-0.25, -0.2) is 4.98 Å². The van der Waals surface area contributed by atoms with Crippen LogP contribution in [0.1, 0.15) is 10.6 Å². The van der Waals surface area contributed by atoms with Crippen molar-refractivity contribution < 1.29 is 24.6 Å². The molecule has 2 unspecified atom stereocenters. The van der Waals surface area contributed by atoms with E-state index in [0.29, 0.717) is 20.7 Å². The molecule has 3 heterocycles. The summed E-state index contributed by atoms with van der Waals surface area (Å²) in [6, 6.07) is -0.537. The zero-order valence-electron chi connectivity index (χ0n) is 13.3. The van der Waals surface area contributed by atoms with Gasteiger partial charge in [-0.05, 0) is 6.92 Å². The summed E-state index contributed by atoms with van der Waals surface area (Å²) in [5.74, 6) is -1.43. The number of nitrogens with zero attached hydrogens (tertiary/aromatic N) is 2. The summed E-state index contributed by atoms with van der Waals surface area (Å²) in [4.78, 5) is 41.1. The van der Waals surface area contributed by atoms with Crippen LogP contribution in [0.2, 0.25) is 0 Å². The van der Waals surface area contributed by atoms with Crippen molar-refractivity contribution >= 4 is 52.7 Å². The first-order valence-corrected chi connectivity index (χ1v) is 10.3. The number of carboxylic acid groups (broad SMARTS) is 2. The number of fused-ring (bicyclic) bond motifs is 1. The van der Waals surface area contributed by atoms with Crippen LogP contribution >= 0.6 is 34.9 Å². The largest absolute Gasteiger partial charge is 0.481 e. The second-order valence-corrected chi connectivity index (χ2v) is 9.54. The molecule has 0 radical (unpaired) electrons. The first kappa shape index (κ1) is 18.5. The fraction of sp³-hybridized carbons (Fsp3) is 0.571. The number of rotatable bonds is 6. The van der Waals surface area contributed by atoms with E-state index < -0.39 is 23.4 Å². The van der Waals surface area contributed by atoms with Gasteiger partial charge in [0.1, 0.15) is 21.2 Å². The molecule has 8 nitrogen and oxygen atoms in total. The average molecular weight is 404 g/mol. The maximum absolute atomic E-state index is 11.9. The Kier molecular flexibility index (Phi) is 5.02. The van der Waals surface area contributed by atoms with Crippen molar-refractivity contribution in [2.45, 2.75) is 29.1 Å². The van der Waals surface area contributed by atoms with Crippen LogP contribution in [0.25, 0.3) is 0 Å². The van der Waals surface area contributed by atoms with Gasteiger partial charge >= 0.3 is 11.9 Å². The number of hydrogen-bond donors (Lipinski definition) is 3. The monoisotopic (exact) mass is 403 g/mol. The van der Waals surface area contributed by atoms with Crippen LogP contribution in [0.15, 0.2) is 4.34 Å². The number of thiazole rings is 1. The average Bonchev–Trinajstić information content (AvgIpc) is 2.91. The van der Waals surface area contributed by atoms with Gasteiger partial charge in [-0.3, -0.25) is 14.4 Å². The van der Waals surface area contributed by atoms with E-state index >= 15 is 0 Å². The number of nitrogens with two attached hydrogens (primary N) is 1. The van der Waals surface area contributed by atoms with Crippen LogP contribution in [0.5, 0.6) is 0 Å². The molecule has 2 saturated heterocycles. The number of aliphatic carboxylic acids is 2. The molecule has 4 N–H and O–H groups in total. The molecular weight excluding hydrogens is 386 g/mol. The van der Waals surface area contributed by atoms with Crippen molar-refractivity contribution in [3.8, 4) is 0 Å². The third kappa shape index (κ3) is 3.37. The first-order chi connectivity index (χ1) is 11.7. The molecule has 11 heteroatoms. The molecule has 2 fully saturated rings. The normalized spacial score (nSPS) is 28.4. The molecule has 0 spiro atoms. The maximum Gasteiger partial charge on any atom is 0.313 e. The zero-order chi connectivity index (χ0) is 18.4. The van der Waals surface area contributed by atoms with Gasteiger partial charge in [-0.2, -0.15) is 0 Å². The lowest BCUT2D eigenvalue weighted by atomic mass is 9.89. The maximum atomic E-state index is 11.9. The Balaban J connectivity index is 1.70. The molecule has 25 heavy (non-hydrogen) atoms. The van der Waals surface area contributed by atoms with E-state index in [-0.39, 0.29) is 30.0 Å². The standard InChI is InChI=1S/C14H17N3O5S3/c1-6-7(2-8(18)19)25-13(16-6)24-5-14(12(21)22)3-17-10(20)9(15)11(17)23-4-14/h9,11H,2-5,15H2,1H3,(H,18,19)(H,21,22)/t9?,11-,14?/m1/s1. The van der Waals surface area contributed by atoms with E-state index in [9.17, 15) is 19.5 Å². The number of carbonyl (C=O) groups excluding carboxylic acids is 1. The second-order valence-electron chi connectivity index (χ2n) is 6.13. The molecular formula is C14H17N3O5S3. The topological polar surface area (TPSA) is 134 Å². The molecule has 2 aliphatic rings. The van der Waals surface area contributed by atoms with Crippen molar-refractivity contribution in [1.82, 2.24) is 9.88 Å². The van der Waals surface area contributed by atoms with Crippen LogP contribution in [-0.4, -0.2) is 67.4 Å². The quantitative estimate of drug-likeness (QED) is 0.458. The van der Waals surface area contributed by atoms with Gasteiger partial charge in [-0.1, -0.05) is 11.8 Å². The van der Waals surface area contributed by atoms with Gasteiger partial charge in [0.15, 0.2) is 0 Å². The van der Waals surface area contributed by atoms with Crippen LogP contribution in [0, 0.1) is 12.3 Å². The Morgan fingerprint density at radius 1 is 1.48 bits per heavy atom. The molecule has 1 aromatic rings. The van der Waals surface area contributed by atoms with E-state index in [4.69, 9.17) is 10.8 Å². The van der Waals surface area contributed by atoms with Gasteiger partial charge in [0.25, 0.3) is 0 Å². The summed E-state index contributed by atoms with van der Waals surface area (Å²) in [6.45, 7) is 1.89. The highest BCUT2D eigenvalue weighted by molar-refractivity contribution is 8.01. The van der Waals surface area contributed by atoms with Crippen molar-refractivity contribution in [3.05, 3.63) is 10.6 Å². The van der Waals surface area contributed by atoms with Crippen LogP contribution in [0.3, 0.4) is 0 Å². The Labute approximate surface area is 156 Å². The summed E-state index contributed by atoms with van der Waals surface area (Å²) in [7, 11) is 0. The molecule has 136 valence electrons. The number of aromatic nitrogens is 1. The minimum absolute atomic E-state index is 0.0914. The van der Waals surface area contributed by atoms with E-state index in [0.717, 1.165) is 0 Å². The van der Waals surface area contributed by atoms with Crippen molar-refractivity contribution in [2.75, 3.05) is 18.1 Å². The highest BCUT2D eigenvalue weighted by Crippen LogP contribution is 2.44.